The normalized spacial score (nSPS) is 12.5. The highest BCUT2D eigenvalue weighted by Crippen LogP contribution is 2.55. The maximum Gasteiger partial charge on any atom is 0.587 e. The van der Waals surface area contributed by atoms with E-state index in [-0.39, 0.29) is 6.61 Å². The predicted octanol–water partition coefficient (Wildman–Crippen LogP) is 12.6. The number of hydrogen-bond donors (Lipinski definition) is 0. The van der Waals surface area contributed by atoms with Crippen molar-refractivity contribution in [3.63, 3.8) is 0 Å². The van der Waals surface area contributed by atoms with Crippen molar-refractivity contribution in [3.8, 4) is 23.0 Å². The van der Waals surface area contributed by atoms with Gasteiger partial charge >= 0.3 is 15.6 Å². The van der Waals surface area contributed by atoms with Crippen LogP contribution < -0.4 is 18.1 Å². The molecule has 10 heteroatoms. The van der Waals surface area contributed by atoms with Crippen LogP contribution in [0, 0.1) is 0 Å². The molecule has 1 atom stereocenters. The van der Waals surface area contributed by atoms with Crippen molar-refractivity contribution in [2.75, 3.05) is 6.61 Å². The van der Waals surface area contributed by atoms with Crippen LogP contribution in [-0.2, 0) is 18.2 Å². The Bertz CT molecular complexity index is 2490. The Morgan fingerprint density at radius 2 is 0.679 bits per heavy atom. The van der Waals surface area contributed by atoms with E-state index in [1.54, 1.807) is 55.5 Å². The molecule has 0 aliphatic rings. The van der Waals surface area contributed by atoms with E-state index in [2.05, 4.69) is 0 Å². The minimum Gasteiger partial charge on any atom is -0.394 e. The van der Waals surface area contributed by atoms with Crippen molar-refractivity contribution in [3.05, 3.63) is 170 Å². The van der Waals surface area contributed by atoms with Gasteiger partial charge in [-0.15, -0.1) is 0 Å². The highest BCUT2D eigenvalue weighted by molar-refractivity contribution is 7.49. The summed E-state index contributed by atoms with van der Waals surface area (Å²) in [5.74, 6) is 1.24. The van der Waals surface area contributed by atoms with E-state index in [0.717, 1.165) is 43.1 Å². The second kappa shape index (κ2) is 14.8. The lowest BCUT2D eigenvalue weighted by atomic mass is 10.1. The second-order valence-corrected chi connectivity index (χ2v) is 15.4. The summed E-state index contributed by atoms with van der Waals surface area (Å²) in [5.41, 5.74) is 0. The summed E-state index contributed by atoms with van der Waals surface area (Å²) in [7, 11) is -8.90. The molecule has 264 valence electrons. The smallest absolute Gasteiger partial charge is 0.394 e. The highest BCUT2D eigenvalue weighted by atomic mass is 31.2. The largest absolute Gasteiger partial charge is 0.587 e. The van der Waals surface area contributed by atoms with Gasteiger partial charge in [0.05, 0.1) is 12.7 Å². The summed E-state index contributed by atoms with van der Waals surface area (Å²) >= 11 is 0. The van der Waals surface area contributed by atoms with Crippen molar-refractivity contribution in [1.82, 2.24) is 0 Å². The number of benzene rings is 8. The summed E-state index contributed by atoms with van der Waals surface area (Å²) in [5, 5.41) is 6.43. The molecule has 0 bridgehead atoms. The summed E-state index contributed by atoms with van der Waals surface area (Å²) in [6.45, 7) is 1.25. The first-order chi connectivity index (χ1) is 25.8. The topological polar surface area (TPSA) is 89.5 Å². The number of hydrogen-bond acceptors (Lipinski definition) is 8. The van der Waals surface area contributed by atoms with Gasteiger partial charge in [0, 0.05) is 21.5 Å². The molecule has 0 spiro atoms. The molecule has 8 rings (SSSR count). The average Bonchev–Trinajstić information content (AvgIpc) is 3.18. The first-order valence-corrected chi connectivity index (χ1v) is 20.0. The molecule has 0 N–H and O–H groups in total. The van der Waals surface area contributed by atoms with Gasteiger partial charge < -0.3 is 18.1 Å². The number of rotatable bonds is 13. The summed E-state index contributed by atoms with van der Waals surface area (Å²) < 4.78 is 66.4. The molecule has 0 saturated heterocycles. The molecule has 0 amide bonds. The molecule has 0 aliphatic carbocycles. The van der Waals surface area contributed by atoms with Crippen LogP contribution in [0.4, 0.5) is 0 Å². The SMILES string of the molecule is CC(COP(=O)(Oc1cccc2ccccc12)Oc1cccc2ccccc12)OP(=O)(Oc1cccc2ccccc12)Oc1cccc2ccccc12. The molecular weight excluding hydrogens is 706 g/mol. The molecule has 8 aromatic carbocycles. The monoisotopic (exact) mass is 740 g/mol. The summed E-state index contributed by atoms with van der Waals surface area (Å²) in [6.07, 6.45) is -0.994. The first kappa shape index (κ1) is 34.5. The minimum atomic E-state index is -4.46. The average molecular weight is 741 g/mol. The summed E-state index contributed by atoms with van der Waals surface area (Å²) in [4.78, 5) is 0. The number of phosphoric acid groups is 2. The Hall–Kier alpha value is -5.62. The van der Waals surface area contributed by atoms with Gasteiger partial charge in [-0.2, -0.15) is 0 Å². The van der Waals surface area contributed by atoms with E-state index >= 15 is 0 Å². The van der Waals surface area contributed by atoms with Gasteiger partial charge in [0.25, 0.3) is 0 Å². The lowest BCUT2D eigenvalue weighted by Gasteiger charge is -2.25. The van der Waals surface area contributed by atoms with Crippen LogP contribution >= 0.6 is 15.6 Å². The fourth-order valence-corrected chi connectivity index (χ4v) is 8.92. The maximum absolute atomic E-state index is 14.8. The minimum absolute atomic E-state index is 0.309. The summed E-state index contributed by atoms with van der Waals surface area (Å²) in [6, 6.07) is 52.0. The quantitative estimate of drug-likeness (QED) is 0.108. The molecule has 0 fully saturated rings. The van der Waals surface area contributed by atoms with Crippen molar-refractivity contribution in [2.24, 2.45) is 0 Å². The zero-order chi connectivity index (χ0) is 36.3. The first-order valence-electron chi connectivity index (χ1n) is 17.1. The third-order valence-corrected chi connectivity index (χ3v) is 11.4. The van der Waals surface area contributed by atoms with Crippen molar-refractivity contribution >= 4 is 58.7 Å². The van der Waals surface area contributed by atoms with Crippen LogP contribution in [0.5, 0.6) is 23.0 Å². The molecular formula is C43H34O8P2. The third kappa shape index (κ3) is 7.64. The fraction of sp³-hybridized carbons (Fsp3) is 0.0698. The van der Waals surface area contributed by atoms with Crippen LogP contribution in [0.15, 0.2) is 170 Å². The van der Waals surface area contributed by atoms with Crippen molar-refractivity contribution in [2.45, 2.75) is 13.0 Å². The molecule has 0 heterocycles. The number of fused-ring (bicyclic) bond motifs is 4. The molecule has 0 saturated carbocycles. The maximum atomic E-state index is 14.8. The van der Waals surface area contributed by atoms with Gasteiger partial charge in [0.2, 0.25) is 0 Å². The lowest BCUT2D eigenvalue weighted by molar-refractivity contribution is 0.0926. The number of phosphoric ester groups is 2. The Kier molecular flexibility index (Phi) is 9.61. The van der Waals surface area contributed by atoms with Gasteiger partial charge in [-0.05, 0) is 52.7 Å². The molecule has 1 unspecified atom stereocenters. The van der Waals surface area contributed by atoms with E-state index in [1.807, 2.05) is 121 Å². The second-order valence-electron chi connectivity index (χ2n) is 12.4. The molecule has 0 aliphatic heterocycles. The Morgan fingerprint density at radius 3 is 1.02 bits per heavy atom. The zero-order valence-corrected chi connectivity index (χ0v) is 30.4. The predicted molar refractivity (Wildman–Crippen MR) is 210 cm³/mol. The Labute approximate surface area is 306 Å². The van der Waals surface area contributed by atoms with E-state index in [9.17, 15) is 9.13 Å². The Morgan fingerprint density at radius 1 is 0.396 bits per heavy atom. The van der Waals surface area contributed by atoms with Gasteiger partial charge in [0.1, 0.15) is 23.0 Å². The molecule has 0 aromatic heterocycles. The van der Waals surface area contributed by atoms with E-state index < -0.39 is 21.7 Å². The lowest BCUT2D eigenvalue weighted by Crippen LogP contribution is -2.19. The molecule has 8 aromatic rings. The standard InChI is InChI=1S/C43H34O8P2/c1-31(47-53(45,50-42-28-12-20-34-16-4-8-24-38(34)42)51-43-29-13-21-35-17-5-9-25-39(35)43)30-46-52(44,48-40-26-10-18-32-14-2-6-22-36(32)40)49-41-27-11-19-33-15-3-7-23-37(33)41/h2-29,31H,30H2,1H3. The molecule has 0 radical (unpaired) electrons. The van der Waals surface area contributed by atoms with Crippen molar-refractivity contribution in [1.29, 1.82) is 0 Å². The third-order valence-electron chi connectivity index (χ3n) is 8.62. The van der Waals surface area contributed by atoms with Gasteiger partial charge in [-0.1, -0.05) is 146 Å². The van der Waals surface area contributed by atoms with Crippen molar-refractivity contribution < 1.29 is 36.3 Å². The Balaban J connectivity index is 1.11. The highest BCUT2D eigenvalue weighted by Gasteiger charge is 2.38. The van der Waals surface area contributed by atoms with Gasteiger partial charge in [-0.3, -0.25) is 9.05 Å². The molecule has 53 heavy (non-hydrogen) atoms. The van der Waals surface area contributed by atoms with Gasteiger partial charge in [-0.25, -0.2) is 9.13 Å². The fourth-order valence-electron chi connectivity index (χ4n) is 6.16. The van der Waals surface area contributed by atoms with Gasteiger partial charge in [0.15, 0.2) is 0 Å². The van der Waals surface area contributed by atoms with E-state index in [0.29, 0.717) is 23.0 Å². The van der Waals surface area contributed by atoms with Crippen LogP contribution in [0.3, 0.4) is 0 Å². The van der Waals surface area contributed by atoms with E-state index in [4.69, 9.17) is 27.1 Å². The van der Waals surface area contributed by atoms with E-state index in [1.165, 1.54) is 0 Å². The van der Waals surface area contributed by atoms with Crippen LogP contribution in [0.1, 0.15) is 6.92 Å². The zero-order valence-electron chi connectivity index (χ0n) is 28.6. The molecule has 8 nitrogen and oxygen atoms in total. The van der Waals surface area contributed by atoms with Crippen LogP contribution in [0.25, 0.3) is 43.1 Å². The van der Waals surface area contributed by atoms with Crippen LogP contribution in [0.2, 0.25) is 0 Å². The van der Waals surface area contributed by atoms with Crippen LogP contribution in [-0.4, -0.2) is 12.7 Å².